The first-order valence-corrected chi connectivity index (χ1v) is 12.5. The van der Waals surface area contributed by atoms with Gasteiger partial charge in [0.25, 0.3) is 0 Å². The molecule has 4 rings (SSSR count). The van der Waals surface area contributed by atoms with E-state index in [9.17, 15) is 9.36 Å². The first-order valence-electron chi connectivity index (χ1n) is 10.6. The zero-order valence-electron chi connectivity index (χ0n) is 17.9. The molecule has 4 nitrogen and oxygen atoms in total. The molecule has 31 heavy (non-hydrogen) atoms. The Bertz CT molecular complexity index is 1030. The lowest BCUT2D eigenvalue weighted by Gasteiger charge is -2.31. The van der Waals surface area contributed by atoms with Gasteiger partial charge in [-0.05, 0) is 36.5 Å². The molecular weight excluding hydrogens is 405 g/mol. The average molecular weight is 433 g/mol. The van der Waals surface area contributed by atoms with Gasteiger partial charge in [0, 0.05) is 0 Å². The van der Waals surface area contributed by atoms with Crippen LogP contribution in [0.4, 0.5) is 0 Å². The number of rotatable bonds is 6. The molecular formula is C26H28NO3P. The second kappa shape index (κ2) is 9.21. The van der Waals surface area contributed by atoms with Crippen LogP contribution in [0, 0.1) is 6.92 Å². The van der Waals surface area contributed by atoms with Crippen molar-refractivity contribution in [2.45, 2.75) is 37.1 Å². The van der Waals surface area contributed by atoms with Crippen LogP contribution in [0.25, 0.3) is 0 Å². The highest BCUT2D eigenvalue weighted by atomic mass is 31.2. The quantitative estimate of drug-likeness (QED) is 0.363. The first-order chi connectivity index (χ1) is 15.0. The molecule has 3 aromatic carbocycles. The summed E-state index contributed by atoms with van der Waals surface area (Å²) < 4.78 is 20.0. The third-order valence-corrected chi connectivity index (χ3v) is 9.78. The Morgan fingerprint density at radius 2 is 1.45 bits per heavy atom. The molecule has 0 spiro atoms. The maximum Gasteiger partial charge on any atom is 0.327 e. The lowest BCUT2D eigenvalue weighted by Crippen LogP contribution is -2.29. The zero-order valence-corrected chi connectivity index (χ0v) is 18.8. The van der Waals surface area contributed by atoms with Crippen molar-refractivity contribution in [1.29, 1.82) is 0 Å². The molecule has 0 bridgehead atoms. The number of benzene rings is 3. The summed E-state index contributed by atoms with van der Waals surface area (Å²) in [6, 6.07) is 26.9. The first kappa shape index (κ1) is 21.5. The largest absolute Gasteiger partial charge is 0.468 e. The number of ether oxygens (including phenoxy) is 1. The van der Waals surface area contributed by atoms with E-state index in [1.807, 2.05) is 91.9 Å². The topological polar surface area (TPSA) is 55.4 Å². The number of methoxy groups -OCH3 is 1. The van der Waals surface area contributed by atoms with Crippen LogP contribution in [0.2, 0.25) is 0 Å². The summed E-state index contributed by atoms with van der Waals surface area (Å²) in [6.07, 6.45) is 1.60. The van der Waals surface area contributed by atoms with Crippen molar-refractivity contribution >= 4 is 13.3 Å². The van der Waals surface area contributed by atoms with Crippen molar-refractivity contribution < 1.29 is 14.1 Å². The third kappa shape index (κ3) is 4.37. The van der Waals surface area contributed by atoms with Crippen molar-refractivity contribution in [3.8, 4) is 0 Å². The highest BCUT2D eigenvalue weighted by molar-refractivity contribution is 7.63. The fourth-order valence-electron chi connectivity index (χ4n) is 4.66. The monoisotopic (exact) mass is 433 g/mol. The SMILES string of the molecule is COC(=O)[C@@H](NP1(=O)[C@H](c2ccccc2)CC[C@H]1c1ccccc1)c1cccc(C)c1. The minimum atomic E-state index is -3.09. The van der Waals surface area contributed by atoms with E-state index in [0.29, 0.717) is 0 Å². The Morgan fingerprint density at radius 3 is 1.94 bits per heavy atom. The van der Waals surface area contributed by atoms with Gasteiger partial charge in [0.1, 0.15) is 6.04 Å². The lowest BCUT2D eigenvalue weighted by molar-refractivity contribution is -0.142. The van der Waals surface area contributed by atoms with Crippen molar-refractivity contribution in [1.82, 2.24) is 5.09 Å². The van der Waals surface area contributed by atoms with E-state index in [0.717, 1.165) is 35.1 Å². The highest BCUT2D eigenvalue weighted by Crippen LogP contribution is 2.74. The Morgan fingerprint density at radius 1 is 0.903 bits per heavy atom. The molecule has 0 saturated carbocycles. The molecule has 0 aromatic heterocycles. The van der Waals surface area contributed by atoms with Crippen LogP contribution in [0.15, 0.2) is 84.9 Å². The predicted molar refractivity (Wildman–Crippen MR) is 124 cm³/mol. The molecule has 0 unspecified atom stereocenters. The van der Waals surface area contributed by atoms with Crippen molar-refractivity contribution in [3.05, 3.63) is 107 Å². The van der Waals surface area contributed by atoms with E-state index in [1.54, 1.807) is 0 Å². The molecule has 160 valence electrons. The van der Waals surface area contributed by atoms with Gasteiger partial charge in [-0.1, -0.05) is 90.5 Å². The summed E-state index contributed by atoms with van der Waals surface area (Å²) in [7, 11) is -1.71. The highest BCUT2D eigenvalue weighted by Gasteiger charge is 2.49. The maximum atomic E-state index is 14.8. The fourth-order valence-corrected chi connectivity index (χ4v) is 8.40. The molecule has 1 aliphatic rings. The Balaban J connectivity index is 1.79. The smallest absolute Gasteiger partial charge is 0.327 e. The van der Waals surface area contributed by atoms with Crippen LogP contribution >= 0.6 is 7.29 Å². The van der Waals surface area contributed by atoms with Crippen LogP contribution in [0.1, 0.15) is 52.5 Å². The second-order valence-corrected chi connectivity index (χ2v) is 11.1. The van der Waals surface area contributed by atoms with E-state index < -0.39 is 19.3 Å². The number of hydrogen-bond donors (Lipinski definition) is 1. The fraction of sp³-hybridized carbons (Fsp3) is 0.269. The molecule has 3 atom stereocenters. The molecule has 1 heterocycles. The third-order valence-electron chi connectivity index (χ3n) is 6.15. The van der Waals surface area contributed by atoms with E-state index in [-0.39, 0.29) is 11.3 Å². The molecule has 1 saturated heterocycles. The predicted octanol–water partition coefficient (Wildman–Crippen LogP) is 6.35. The molecule has 5 heteroatoms. The van der Waals surface area contributed by atoms with Crippen molar-refractivity contribution in [2.75, 3.05) is 7.11 Å². The van der Waals surface area contributed by atoms with Gasteiger partial charge in [0.2, 0.25) is 0 Å². The molecule has 0 aliphatic carbocycles. The van der Waals surface area contributed by atoms with Crippen LogP contribution in [-0.2, 0) is 14.1 Å². The molecule has 0 amide bonds. The number of aryl methyl sites for hydroxylation is 1. The Labute approximate surface area is 184 Å². The summed E-state index contributed by atoms with van der Waals surface area (Å²) >= 11 is 0. The summed E-state index contributed by atoms with van der Waals surface area (Å²) in [4.78, 5) is 12.8. The van der Waals surface area contributed by atoms with E-state index >= 15 is 0 Å². The molecule has 1 N–H and O–H groups in total. The van der Waals surface area contributed by atoms with E-state index in [1.165, 1.54) is 7.11 Å². The van der Waals surface area contributed by atoms with Gasteiger partial charge in [-0.25, -0.2) is 9.88 Å². The van der Waals surface area contributed by atoms with Gasteiger partial charge >= 0.3 is 5.97 Å². The number of carbonyl (C=O) groups is 1. The average Bonchev–Trinajstić information content (AvgIpc) is 3.15. The summed E-state index contributed by atoms with van der Waals surface area (Å²) in [5.41, 5.74) is 3.59. The van der Waals surface area contributed by atoms with Crippen LogP contribution in [-0.4, -0.2) is 13.1 Å². The van der Waals surface area contributed by atoms with Gasteiger partial charge in [-0.15, -0.1) is 0 Å². The standard InChI is InChI=1S/C26H28NO3P/c1-19-10-9-15-22(18-19)25(26(28)30-2)27-31(29)23(20-11-5-3-6-12-20)16-17-24(31)21-13-7-4-8-14-21/h3-15,18,23-25H,16-17H2,1-2H3,(H,27,29)/t23-,24-,25-/m0/s1. The number of nitrogens with one attached hydrogen (secondary N) is 1. The maximum absolute atomic E-state index is 14.8. The van der Waals surface area contributed by atoms with Gasteiger partial charge < -0.3 is 9.30 Å². The summed E-state index contributed by atoms with van der Waals surface area (Å²) in [5.74, 6) is -0.425. The minimum Gasteiger partial charge on any atom is -0.468 e. The van der Waals surface area contributed by atoms with Crippen LogP contribution in [0.5, 0.6) is 0 Å². The zero-order chi connectivity index (χ0) is 21.8. The molecule has 1 fully saturated rings. The van der Waals surface area contributed by atoms with Gasteiger partial charge in [-0.3, -0.25) is 0 Å². The number of carbonyl (C=O) groups excluding carboxylic acids is 1. The van der Waals surface area contributed by atoms with Crippen LogP contribution < -0.4 is 5.09 Å². The van der Waals surface area contributed by atoms with Gasteiger partial charge in [-0.2, -0.15) is 0 Å². The second-order valence-electron chi connectivity index (χ2n) is 8.14. The van der Waals surface area contributed by atoms with Crippen molar-refractivity contribution in [3.63, 3.8) is 0 Å². The van der Waals surface area contributed by atoms with E-state index in [2.05, 4.69) is 5.09 Å². The summed E-state index contributed by atoms with van der Waals surface area (Å²) in [6.45, 7) is 1.98. The van der Waals surface area contributed by atoms with E-state index in [4.69, 9.17) is 4.74 Å². The number of hydrogen-bond acceptors (Lipinski definition) is 3. The Kier molecular flexibility index (Phi) is 6.41. The molecule has 3 aromatic rings. The minimum absolute atomic E-state index is 0.157. The Hall–Kier alpha value is -2.68. The van der Waals surface area contributed by atoms with Crippen LogP contribution in [0.3, 0.4) is 0 Å². The molecule has 1 aliphatic heterocycles. The van der Waals surface area contributed by atoms with Gasteiger partial charge in [0.15, 0.2) is 7.29 Å². The van der Waals surface area contributed by atoms with Gasteiger partial charge in [0.05, 0.1) is 18.4 Å². The normalized spacial score (nSPS) is 20.8. The number of esters is 1. The molecule has 0 radical (unpaired) electrons. The van der Waals surface area contributed by atoms with Crippen molar-refractivity contribution in [2.24, 2.45) is 0 Å². The lowest BCUT2D eigenvalue weighted by atomic mass is 10.0. The summed E-state index contributed by atoms with van der Waals surface area (Å²) in [5, 5.41) is 3.36.